The minimum Gasteiger partial charge on any atom is -0.356 e. The van der Waals surface area contributed by atoms with Gasteiger partial charge in [0, 0.05) is 29.9 Å². The molecule has 1 atom stereocenters. The molecule has 0 aliphatic carbocycles. The van der Waals surface area contributed by atoms with E-state index in [2.05, 4.69) is 21.6 Å². The topological polar surface area (TPSA) is 61.4 Å². The van der Waals surface area contributed by atoms with Crippen LogP contribution in [0, 0.1) is 5.41 Å². The minimum absolute atomic E-state index is 0.0120. The van der Waals surface area contributed by atoms with Crippen LogP contribution in [0.25, 0.3) is 0 Å². The van der Waals surface area contributed by atoms with Crippen LogP contribution in [-0.4, -0.2) is 42.9 Å². The second-order valence-corrected chi connectivity index (χ2v) is 8.66. The molecule has 150 valence electrons. The van der Waals surface area contributed by atoms with E-state index in [4.69, 9.17) is 11.6 Å². The van der Waals surface area contributed by atoms with E-state index < -0.39 is 5.41 Å². The average molecular weight is 394 g/mol. The van der Waals surface area contributed by atoms with Crippen LogP contribution < -0.4 is 10.6 Å². The van der Waals surface area contributed by atoms with Gasteiger partial charge in [0.2, 0.25) is 11.8 Å². The quantitative estimate of drug-likeness (QED) is 0.664. The van der Waals surface area contributed by atoms with E-state index in [0.717, 1.165) is 23.7 Å². The highest BCUT2D eigenvalue weighted by Gasteiger charge is 2.24. The summed E-state index contributed by atoms with van der Waals surface area (Å²) in [4.78, 5) is 26.5. The van der Waals surface area contributed by atoms with E-state index in [-0.39, 0.29) is 17.9 Å². The fraction of sp³-hybridized carbons (Fsp3) is 0.619. The number of hydrogen-bond donors (Lipinski definition) is 2. The Labute approximate surface area is 167 Å². The van der Waals surface area contributed by atoms with E-state index in [9.17, 15) is 9.59 Å². The highest BCUT2D eigenvalue weighted by atomic mass is 35.5. The van der Waals surface area contributed by atoms with Crippen molar-refractivity contribution in [1.29, 1.82) is 0 Å². The van der Waals surface area contributed by atoms with E-state index in [0.29, 0.717) is 25.9 Å². The summed E-state index contributed by atoms with van der Waals surface area (Å²) in [5.74, 6) is 0.0317. The van der Waals surface area contributed by atoms with E-state index in [1.54, 1.807) is 0 Å². The zero-order valence-electron chi connectivity index (χ0n) is 16.7. The van der Waals surface area contributed by atoms with Crippen LogP contribution in [0.15, 0.2) is 24.3 Å². The number of likely N-dealkylation sites (tertiary alicyclic amines) is 1. The number of carbonyl (C=O) groups is 2. The Morgan fingerprint density at radius 1 is 1.19 bits per heavy atom. The molecule has 2 rings (SSSR count). The number of benzene rings is 1. The monoisotopic (exact) mass is 393 g/mol. The first-order valence-electron chi connectivity index (χ1n) is 9.82. The number of nitrogens with zero attached hydrogens (tertiary/aromatic N) is 1. The van der Waals surface area contributed by atoms with E-state index in [1.807, 2.05) is 39.0 Å². The predicted molar refractivity (Wildman–Crippen MR) is 110 cm³/mol. The molecule has 1 unspecified atom stereocenters. The van der Waals surface area contributed by atoms with Crippen molar-refractivity contribution in [2.45, 2.75) is 52.5 Å². The van der Waals surface area contributed by atoms with E-state index in [1.165, 1.54) is 12.8 Å². The molecule has 0 saturated carbocycles. The van der Waals surface area contributed by atoms with Gasteiger partial charge in [0.1, 0.15) is 0 Å². The molecule has 1 aromatic rings. The Hall–Kier alpha value is -1.59. The third kappa shape index (κ3) is 7.15. The third-order valence-corrected chi connectivity index (χ3v) is 5.09. The van der Waals surface area contributed by atoms with Gasteiger partial charge in [-0.1, -0.05) is 44.5 Å². The molecular weight excluding hydrogens is 362 g/mol. The summed E-state index contributed by atoms with van der Waals surface area (Å²) in [6.07, 6.45) is 3.43. The maximum absolute atomic E-state index is 12.2. The number of carbonyl (C=O) groups excluding carboxylic acids is 2. The van der Waals surface area contributed by atoms with Crippen LogP contribution >= 0.6 is 11.6 Å². The summed E-state index contributed by atoms with van der Waals surface area (Å²) in [6.45, 7) is 8.83. The molecule has 1 fully saturated rings. The lowest BCUT2D eigenvalue weighted by Crippen LogP contribution is -2.37. The second-order valence-electron chi connectivity index (χ2n) is 8.23. The van der Waals surface area contributed by atoms with Gasteiger partial charge in [-0.3, -0.25) is 14.5 Å². The minimum atomic E-state index is -0.401. The highest BCUT2D eigenvalue weighted by molar-refractivity contribution is 6.30. The number of nitrogens with one attached hydrogen (secondary N) is 2. The molecule has 1 aromatic carbocycles. The normalized spacial score (nSPS) is 16.1. The lowest BCUT2D eigenvalue weighted by atomic mass is 9.96. The van der Waals surface area contributed by atoms with Crippen LogP contribution in [0.3, 0.4) is 0 Å². The average Bonchev–Trinajstić information content (AvgIpc) is 3.12. The molecule has 1 aliphatic rings. The molecule has 0 aromatic heterocycles. The van der Waals surface area contributed by atoms with Crippen molar-refractivity contribution in [3.8, 4) is 0 Å². The molecule has 0 bridgehead atoms. The van der Waals surface area contributed by atoms with Crippen molar-refractivity contribution in [1.82, 2.24) is 15.5 Å². The van der Waals surface area contributed by atoms with Crippen LogP contribution in [0.4, 0.5) is 0 Å². The summed E-state index contributed by atoms with van der Waals surface area (Å²) < 4.78 is 0. The first kappa shape index (κ1) is 21.7. The van der Waals surface area contributed by atoms with Gasteiger partial charge in [-0.25, -0.2) is 0 Å². The lowest BCUT2D eigenvalue weighted by molar-refractivity contribution is -0.128. The van der Waals surface area contributed by atoms with Gasteiger partial charge in [-0.15, -0.1) is 0 Å². The number of rotatable bonds is 8. The van der Waals surface area contributed by atoms with Crippen molar-refractivity contribution in [2.75, 3.05) is 26.2 Å². The zero-order chi connectivity index (χ0) is 19.9. The maximum Gasteiger partial charge on any atom is 0.225 e. The highest BCUT2D eigenvalue weighted by Crippen LogP contribution is 2.26. The van der Waals surface area contributed by atoms with Gasteiger partial charge in [-0.05, 0) is 50.0 Å². The van der Waals surface area contributed by atoms with Crippen molar-refractivity contribution >= 4 is 23.4 Å². The summed E-state index contributed by atoms with van der Waals surface area (Å²) in [5.41, 5.74) is 0.740. The number of hydrogen-bond acceptors (Lipinski definition) is 3. The molecular formula is C21H32ClN3O2. The third-order valence-electron chi connectivity index (χ3n) is 4.85. The molecule has 6 heteroatoms. The summed E-state index contributed by atoms with van der Waals surface area (Å²) in [5, 5.41) is 6.66. The van der Waals surface area contributed by atoms with Crippen LogP contribution in [0.1, 0.15) is 58.1 Å². The number of halogens is 1. The fourth-order valence-electron chi connectivity index (χ4n) is 3.24. The molecule has 2 amide bonds. The first-order valence-corrected chi connectivity index (χ1v) is 10.2. The largest absolute Gasteiger partial charge is 0.356 e. The fourth-order valence-corrected chi connectivity index (χ4v) is 3.44. The molecule has 2 N–H and O–H groups in total. The van der Waals surface area contributed by atoms with Gasteiger partial charge < -0.3 is 10.6 Å². The summed E-state index contributed by atoms with van der Waals surface area (Å²) in [7, 11) is 0. The molecule has 5 nitrogen and oxygen atoms in total. The Morgan fingerprint density at radius 3 is 2.52 bits per heavy atom. The molecule has 1 heterocycles. The standard InChI is InChI=1S/C21H32ClN3O2/c1-21(2,3)20(27)23-11-7-10-19(26)24-15-18(25-12-4-5-13-25)16-8-6-9-17(22)14-16/h6,8-9,14,18H,4-5,7,10-13,15H2,1-3H3,(H,23,27)(H,24,26). The van der Waals surface area contributed by atoms with Gasteiger partial charge >= 0.3 is 0 Å². The Bertz CT molecular complexity index is 637. The molecule has 0 spiro atoms. The smallest absolute Gasteiger partial charge is 0.225 e. The van der Waals surface area contributed by atoms with Crippen LogP contribution in [0.2, 0.25) is 5.02 Å². The maximum atomic E-state index is 12.2. The zero-order valence-corrected chi connectivity index (χ0v) is 17.4. The first-order chi connectivity index (χ1) is 12.8. The van der Waals surface area contributed by atoms with Gasteiger partial charge in [0.25, 0.3) is 0 Å². The Kier molecular flexibility index (Phi) is 8.11. The van der Waals surface area contributed by atoms with Crippen molar-refractivity contribution < 1.29 is 9.59 Å². The van der Waals surface area contributed by atoms with Crippen LogP contribution in [0.5, 0.6) is 0 Å². The Balaban J connectivity index is 1.80. The SMILES string of the molecule is CC(C)(C)C(=O)NCCCC(=O)NCC(c1cccc(Cl)c1)N1CCCC1. The van der Waals surface area contributed by atoms with Gasteiger partial charge in [-0.2, -0.15) is 0 Å². The van der Waals surface area contributed by atoms with Gasteiger partial charge in [0.15, 0.2) is 0 Å². The molecule has 0 radical (unpaired) electrons. The van der Waals surface area contributed by atoms with Crippen LogP contribution in [-0.2, 0) is 9.59 Å². The molecule has 1 saturated heterocycles. The number of amides is 2. The predicted octanol–water partition coefficient (Wildman–Crippen LogP) is 3.54. The summed E-state index contributed by atoms with van der Waals surface area (Å²) in [6, 6.07) is 8.04. The molecule has 1 aliphatic heterocycles. The second kappa shape index (κ2) is 10.1. The Morgan fingerprint density at radius 2 is 1.89 bits per heavy atom. The summed E-state index contributed by atoms with van der Waals surface area (Å²) >= 11 is 6.16. The molecule has 27 heavy (non-hydrogen) atoms. The van der Waals surface area contributed by atoms with Crippen molar-refractivity contribution in [3.63, 3.8) is 0 Å². The van der Waals surface area contributed by atoms with E-state index >= 15 is 0 Å². The lowest BCUT2D eigenvalue weighted by Gasteiger charge is -2.28. The van der Waals surface area contributed by atoms with Crippen molar-refractivity contribution in [3.05, 3.63) is 34.9 Å². The van der Waals surface area contributed by atoms with Crippen molar-refractivity contribution in [2.24, 2.45) is 5.41 Å². The van der Waals surface area contributed by atoms with Gasteiger partial charge in [0.05, 0.1) is 6.04 Å².